The molecular formula is C15H29Cl2NTi. The van der Waals surface area contributed by atoms with Gasteiger partial charge in [-0.1, -0.05) is 20.8 Å². The maximum absolute atomic E-state index is 3.62. The van der Waals surface area contributed by atoms with Gasteiger partial charge < -0.3 is 12.2 Å². The fourth-order valence-electron chi connectivity index (χ4n) is 2.09. The Bertz CT molecular complexity index is 317. The number of allylic oxidation sites excluding steroid dienone is 2. The van der Waals surface area contributed by atoms with Gasteiger partial charge in [0.1, 0.15) is 0 Å². The summed E-state index contributed by atoms with van der Waals surface area (Å²) in [4.78, 5) is 0. The molecule has 1 unspecified atom stereocenters. The van der Waals surface area contributed by atoms with Gasteiger partial charge in [-0.15, -0.1) is 37.3 Å². The van der Waals surface area contributed by atoms with Crippen LogP contribution in [-0.2, 0) is 21.7 Å². The summed E-state index contributed by atoms with van der Waals surface area (Å²) in [7, 11) is 0. The van der Waals surface area contributed by atoms with Crippen molar-refractivity contribution in [1.29, 1.82) is 0 Å². The third-order valence-electron chi connectivity index (χ3n) is 2.94. The van der Waals surface area contributed by atoms with Crippen molar-refractivity contribution in [2.45, 2.75) is 66.5 Å². The molecule has 0 aliphatic heterocycles. The predicted molar refractivity (Wildman–Crippen MR) is 87.6 cm³/mol. The topological polar surface area (TPSA) is 12.0 Å². The molecule has 0 radical (unpaired) electrons. The minimum absolute atomic E-state index is 0. The Morgan fingerprint density at radius 3 is 1.63 bits per heavy atom. The van der Waals surface area contributed by atoms with E-state index in [4.69, 9.17) is 0 Å². The minimum atomic E-state index is -0.0770. The van der Waals surface area contributed by atoms with E-state index in [1.165, 1.54) is 16.7 Å². The molecule has 0 aromatic carbocycles. The van der Waals surface area contributed by atoms with E-state index < -0.39 is 0 Å². The van der Waals surface area contributed by atoms with Gasteiger partial charge in [0.15, 0.2) is 0 Å². The van der Waals surface area contributed by atoms with Crippen molar-refractivity contribution in [3.8, 4) is 0 Å². The molecule has 19 heavy (non-hydrogen) atoms. The van der Waals surface area contributed by atoms with Crippen molar-refractivity contribution in [2.24, 2.45) is 0 Å². The summed E-state index contributed by atoms with van der Waals surface area (Å²) in [5.74, 6) is 0. The number of hydrogen-bond donors (Lipinski definition) is 1. The van der Waals surface area contributed by atoms with E-state index in [1.807, 2.05) is 0 Å². The van der Waals surface area contributed by atoms with Gasteiger partial charge >= 0.3 is 21.7 Å². The maximum atomic E-state index is 3.62. The van der Waals surface area contributed by atoms with Gasteiger partial charge in [0.05, 0.1) is 0 Å². The summed E-state index contributed by atoms with van der Waals surface area (Å²) in [6.45, 7) is 20.3. The molecule has 112 valence electrons. The molecule has 0 aromatic heterocycles. The van der Waals surface area contributed by atoms with Crippen LogP contribution >= 0.6 is 24.8 Å². The first-order valence-corrected chi connectivity index (χ1v) is 5.96. The molecule has 0 aromatic rings. The largest absolute Gasteiger partial charge is 2.00 e. The standard InChI is InChI=1S/C13H22N.C2H5.2ClH.Ti/c1-9-8-13(7,11(3)10(9)2)14-12(4,5)6;1-2;;;/h14H,1-7H3;1H2,2H3;2*1H;/q2*-1;;;+2. The van der Waals surface area contributed by atoms with Crippen LogP contribution in [0.1, 0.15) is 55.4 Å². The summed E-state index contributed by atoms with van der Waals surface area (Å²) in [6.07, 6.45) is 3.52. The number of rotatable bonds is 1. The molecule has 0 fully saturated rings. The van der Waals surface area contributed by atoms with E-state index in [2.05, 4.69) is 66.8 Å². The van der Waals surface area contributed by atoms with E-state index >= 15 is 0 Å². The van der Waals surface area contributed by atoms with Crippen LogP contribution in [0.15, 0.2) is 16.7 Å². The fraction of sp³-hybridized carbons (Fsp3) is 0.667. The zero-order chi connectivity index (χ0) is 13.1. The minimum Gasteiger partial charge on any atom is -0.346 e. The van der Waals surface area contributed by atoms with E-state index in [9.17, 15) is 0 Å². The Morgan fingerprint density at radius 1 is 1.05 bits per heavy atom. The van der Waals surface area contributed by atoms with E-state index in [0.29, 0.717) is 0 Å². The molecular weight excluding hydrogens is 313 g/mol. The second-order valence-electron chi connectivity index (χ2n) is 5.50. The average Bonchev–Trinajstić information content (AvgIpc) is 2.31. The maximum Gasteiger partial charge on any atom is 2.00 e. The van der Waals surface area contributed by atoms with Crippen molar-refractivity contribution in [3.63, 3.8) is 0 Å². The number of halogens is 2. The van der Waals surface area contributed by atoms with Crippen molar-refractivity contribution in [1.82, 2.24) is 5.32 Å². The van der Waals surface area contributed by atoms with Crippen molar-refractivity contribution in [2.75, 3.05) is 0 Å². The average molecular weight is 342 g/mol. The third kappa shape index (κ3) is 7.92. The fourth-order valence-corrected chi connectivity index (χ4v) is 2.09. The van der Waals surface area contributed by atoms with Gasteiger partial charge in [-0.25, -0.2) is 11.6 Å². The molecule has 0 spiro atoms. The summed E-state index contributed by atoms with van der Waals surface area (Å²) in [5.41, 5.74) is 4.09. The third-order valence-corrected chi connectivity index (χ3v) is 2.94. The Labute approximate surface area is 147 Å². The molecule has 1 N–H and O–H groups in total. The van der Waals surface area contributed by atoms with Gasteiger partial charge in [0.2, 0.25) is 0 Å². The summed E-state index contributed by atoms with van der Waals surface area (Å²) >= 11 is 0. The first-order chi connectivity index (χ1) is 7.16. The Hall–Kier alpha value is 0.734. The number of hydrogen-bond acceptors (Lipinski definition) is 1. The zero-order valence-corrected chi connectivity index (χ0v) is 16.7. The van der Waals surface area contributed by atoms with Crippen LogP contribution in [0.25, 0.3) is 0 Å². The van der Waals surface area contributed by atoms with E-state index in [1.54, 1.807) is 6.92 Å². The smallest absolute Gasteiger partial charge is 0.346 e. The summed E-state index contributed by atoms with van der Waals surface area (Å²) in [5, 5.41) is 3.62. The summed E-state index contributed by atoms with van der Waals surface area (Å²) in [6, 6.07) is 0. The second kappa shape index (κ2) is 10.5. The molecule has 1 atom stereocenters. The molecule has 0 amide bonds. The van der Waals surface area contributed by atoms with Crippen molar-refractivity contribution >= 4 is 24.8 Å². The monoisotopic (exact) mass is 341 g/mol. The normalized spacial score (nSPS) is 21.2. The predicted octanol–water partition coefficient (Wildman–Crippen LogP) is 4.91. The zero-order valence-electron chi connectivity index (χ0n) is 13.5. The van der Waals surface area contributed by atoms with Crippen LogP contribution in [-0.4, -0.2) is 11.1 Å². The van der Waals surface area contributed by atoms with Crippen LogP contribution in [0.5, 0.6) is 0 Å². The Balaban J connectivity index is -0.000000214. The van der Waals surface area contributed by atoms with Gasteiger partial charge in [-0.05, 0) is 26.3 Å². The van der Waals surface area contributed by atoms with Gasteiger partial charge in [0, 0.05) is 5.54 Å². The Kier molecular flexibility index (Phi) is 15.4. The molecule has 1 rings (SSSR count). The van der Waals surface area contributed by atoms with Gasteiger partial charge in [0.25, 0.3) is 0 Å². The molecule has 0 saturated heterocycles. The van der Waals surface area contributed by atoms with E-state index in [-0.39, 0.29) is 57.6 Å². The van der Waals surface area contributed by atoms with Crippen LogP contribution in [0.4, 0.5) is 0 Å². The van der Waals surface area contributed by atoms with Crippen LogP contribution in [0.2, 0.25) is 0 Å². The first kappa shape index (κ1) is 28.0. The SMILES string of the molecule is CC1=[C-]C(C)(NC(C)(C)C)C(C)=C1C.Cl.Cl.[CH2-]C.[Ti+2]. The molecule has 0 bridgehead atoms. The molecule has 1 nitrogen and oxygen atoms in total. The molecule has 1 aliphatic carbocycles. The van der Waals surface area contributed by atoms with Crippen molar-refractivity contribution < 1.29 is 21.7 Å². The molecule has 0 saturated carbocycles. The van der Waals surface area contributed by atoms with Crippen molar-refractivity contribution in [3.05, 3.63) is 29.7 Å². The summed E-state index contributed by atoms with van der Waals surface area (Å²) < 4.78 is 0. The first-order valence-electron chi connectivity index (χ1n) is 5.96. The second-order valence-corrected chi connectivity index (χ2v) is 5.50. The van der Waals surface area contributed by atoms with Crippen LogP contribution in [0.3, 0.4) is 0 Å². The number of nitrogens with one attached hydrogen (secondary N) is 1. The van der Waals surface area contributed by atoms with Gasteiger partial charge in [-0.2, -0.15) is 12.5 Å². The van der Waals surface area contributed by atoms with E-state index in [0.717, 1.165) is 0 Å². The quantitative estimate of drug-likeness (QED) is 0.527. The van der Waals surface area contributed by atoms with Crippen LogP contribution in [0, 0.1) is 13.0 Å². The molecule has 1 aliphatic rings. The molecule has 0 heterocycles. The Morgan fingerprint density at radius 2 is 1.42 bits per heavy atom. The molecule has 4 heteroatoms. The van der Waals surface area contributed by atoms with Gasteiger partial charge in [-0.3, -0.25) is 0 Å². The van der Waals surface area contributed by atoms with Crippen LogP contribution < -0.4 is 5.32 Å².